The molecular formula is C12H19F3N4. The van der Waals surface area contributed by atoms with Gasteiger partial charge < -0.3 is 5.32 Å². The highest BCUT2D eigenvalue weighted by Crippen LogP contribution is 2.42. The third-order valence-electron chi connectivity index (χ3n) is 4.09. The Hall–Kier alpha value is -1.11. The van der Waals surface area contributed by atoms with E-state index in [9.17, 15) is 13.2 Å². The molecule has 1 aromatic heterocycles. The van der Waals surface area contributed by atoms with E-state index in [4.69, 9.17) is 0 Å². The van der Waals surface area contributed by atoms with Crippen LogP contribution in [0, 0.1) is 11.8 Å². The highest BCUT2D eigenvalue weighted by atomic mass is 19.4. The second-order valence-electron chi connectivity index (χ2n) is 5.20. The van der Waals surface area contributed by atoms with Crippen molar-refractivity contribution in [1.82, 2.24) is 20.3 Å². The molecule has 0 saturated heterocycles. The second kappa shape index (κ2) is 5.48. The molecular weight excluding hydrogens is 257 g/mol. The lowest BCUT2D eigenvalue weighted by atomic mass is 9.77. The summed E-state index contributed by atoms with van der Waals surface area (Å²) in [5.41, 5.74) is 0.929. The summed E-state index contributed by atoms with van der Waals surface area (Å²) in [5.74, 6) is -0.924. The Morgan fingerprint density at radius 1 is 1.32 bits per heavy atom. The lowest BCUT2D eigenvalue weighted by molar-refractivity contribution is -0.184. The molecule has 1 atom stereocenters. The molecule has 19 heavy (non-hydrogen) atoms. The summed E-state index contributed by atoms with van der Waals surface area (Å²) in [6, 6.07) is 0.0224. The topological polar surface area (TPSA) is 42.7 Å². The highest BCUT2D eigenvalue weighted by Gasteiger charge is 2.42. The van der Waals surface area contributed by atoms with Crippen LogP contribution in [0.1, 0.15) is 37.4 Å². The van der Waals surface area contributed by atoms with Crippen molar-refractivity contribution >= 4 is 0 Å². The average Bonchev–Trinajstić information content (AvgIpc) is 2.76. The van der Waals surface area contributed by atoms with E-state index < -0.39 is 12.1 Å². The number of nitrogens with zero attached hydrogens (tertiary/aromatic N) is 3. The van der Waals surface area contributed by atoms with Crippen LogP contribution in [0.2, 0.25) is 0 Å². The van der Waals surface area contributed by atoms with E-state index in [1.807, 2.05) is 7.05 Å². The van der Waals surface area contributed by atoms with Gasteiger partial charge in [-0.15, -0.1) is 5.10 Å². The van der Waals surface area contributed by atoms with Crippen molar-refractivity contribution in [3.05, 3.63) is 11.9 Å². The Morgan fingerprint density at radius 3 is 2.37 bits per heavy atom. The minimum Gasteiger partial charge on any atom is -0.311 e. The largest absolute Gasteiger partial charge is 0.391 e. The summed E-state index contributed by atoms with van der Waals surface area (Å²) in [7, 11) is 3.63. The quantitative estimate of drug-likeness (QED) is 0.922. The van der Waals surface area contributed by atoms with Crippen molar-refractivity contribution < 1.29 is 13.2 Å². The molecule has 2 rings (SSSR count). The van der Waals surface area contributed by atoms with Gasteiger partial charge in [-0.2, -0.15) is 13.2 Å². The molecule has 0 aromatic carbocycles. The van der Waals surface area contributed by atoms with Gasteiger partial charge in [-0.1, -0.05) is 5.21 Å². The minimum absolute atomic E-state index is 0.0224. The Kier molecular flexibility index (Phi) is 4.13. The summed E-state index contributed by atoms with van der Waals surface area (Å²) in [4.78, 5) is 0. The molecule has 1 aliphatic carbocycles. The van der Waals surface area contributed by atoms with Crippen molar-refractivity contribution in [2.45, 2.75) is 37.9 Å². The lowest BCUT2D eigenvalue weighted by Gasteiger charge is -2.34. The highest BCUT2D eigenvalue weighted by molar-refractivity contribution is 5.04. The van der Waals surface area contributed by atoms with E-state index in [1.165, 1.54) is 0 Å². The molecule has 1 aliphatic rings. The first-order valence-corrected chi connectivity index (χ1v) is 6.52. The summed E-state index contributed by atoms with van der Waals surface area (Å²) < 4.78 is 39.6. The number of rotatable bonds is 3. The lowest BCUT2D eigenvalue weighted by Crippen LogP contribution is -2.34. The molecule has 108 valence electrons. The summed E-state index contributed by atoms with van der Waals surface area (Å²) >= 11 is 0. The Labute approximate surface area is 110 Å². The predicted molar refractivity (Wildman–Crippen MR) is 64.3 cm³/mol. The number of aromatic nitrogens is 3. The minimum atomic E-state index is -4.05. The van der Waals surface area contributed by atoms with Crippen molar-refractivity contribution in [3.8, 4) is 0 Å². The first kappa shape index (κ1) is 14.3. The van der Waals surface area contributed by atoms with Gasteiger partial charge in [-0.25, -0.2) is 0 Å². The molecule has 0 bridgehead atoms. The summed E-state index contributed by atoms with van der Waals surface area (Å²) in [5, 5.41) is 10.9. The van der Waals surface area contributed by atoms with E-state index in [2.05, 4.69) is 15.6 Å². The van der Waals surface area contributed by atoms with Crippen LogP contribution in [-0.2, 0) is 7.05 Å². The van der Waals surface area contributed by atoms with Gasteiger partial charge in [-0.05, 0) is 38.6 Å². The zero-order valence-corrected chi connectivity index (χ0v) is 11.1. The maximum absolute atomic E-state index is 12.6. The molecule has 1 aromatic rings. The van der Waals surface area contributed by atoms with Gasteiger partial charge >= 0.3 is 6.18 Å². The molecule has 1 N–H and O–H groups in total. The molecule has 1 fully saturated rings. The number of nitrogens with one attached hydrogen (secondary N) is 1. The van der Waals surface area contributed by atoms with Gasteiger partial charge in [0.25, 0.3) is 0 Å². The van der Waals surface area contributed by atoms with Gasteiger partial charge in [0, 0.05) is 7.05 Å². The van der Waals surface area contributed by atoms with Crippen LogP contribution in [0.15, 0.2) is 6.20 Å². The number of halogens is 3. The number of aryl methyl sites for hydroxylation is 1. The van der Waals surface area contributed by atoms with Crippen molar-refractivity contribution in [2.75, 3.05) is 7.05 Å². The van der Waals surface area contributed by atoms with E-state index in [0.29, 0.717) is 12.8 Å². The number of hydrogen-bond acceptors (Lipinski definition) is 3. The first-order valence-electron chi connectivity index (χ1n) is 6.52. The normalized spacial score (nSPS) is 26.4. The van der Waals surface area contributed by atoms with E-state index >= 15 is 0 Å². The fraction of sp³-hybridized carbons (Fsp3) is 0.833. The fourth-order valence-electron chi connectivity index (χ4n) is 2.98. The zero-order chi connectivity index (χ0) is 14.0. The molecule has 1 heterocycles. The number of hydrogen-bond donors (Lipinski definition) is 1. The first-order chi connectivity index (χ1) is 8.93. The SMILES string of the molecule is CNC(c1cnnn1C)C1CCC(C(F)(F)F)CC1. The molecule has 0 amide bonds. The Morgan fingerprint density at radius 2 is 1.95 bits per heavy atom. The van der Waals surface area contributed by atoms with E-state index in [1.54, 1.807) is 17.9 Å². The zero-order valence-electron chi connectivity index (χ0n) is 11.1. The van der Waals surface area contributed by atoms with Crippen molar-refractivity contribution in [3.63, 3.8) is 0 Å². The maximum atomic E-state index is 12.6. The van der Waals surface area contributed by atoms with Gasteiger partial charge in [0.05, 0.1) is 23.9 Å². The average molecular weight is 276 g/mol. The Balaban J connectivity index is 2.02. The third-order valence-corrected chi connectivity index (χ3v) is 4.09. The molecule has 0 radical (unpaired) electrons. The second-order valence-corrected chi connectivity index (χ2v) is 5.20. The van der Waals surface area contributed by atoms with Crippen LogP contribution in [0.5, 0.6) is 0 Å². The van der Waals surface area contributed by atoms with Crippen LogP contribution < -0.4 is 5.32 Å². The van der Waals surface area contributed by atoms with Crippen molar-refractivity contribution in [2.24, 2.45) is 18.9 Å². The Bertz CT molecular complexity index is 407. The van der Waals surface area contributed by atoms with E-state index in [-0.39, 0.29) is 24.8 Å². The van der Waals surface area contributed by atoms with Crippen LogP contribution in [0.4, 0.5) is 13.2 Å². The molecule has 1 unspecified atom stereocenters. The third kappa shape index (κ3) is 3.08. The van der Waals surface area contributed by atoms with Gasteiger partial charge in [0.15, 0.2) is 0 Å². The van der Waals surface area contributed by atoms with Gasteiger partial charge in [0.1, 0.15) is 0 Å². The fourth-order valence-corrected chi connectivity index (χ4v) is 2.98. The monoisotopic (exact) mass is 276 g/mol. The maximum Gasteiger partial charge on any atom is 0.391 e. The molecule has 7 heteroatoms. The van der Waals surface area contributed by atoms with Crippen molar-refractivity contribution in [1.29, 1.82) is 0 Å². The van der Waals surface area contributed by atoms with Crippen LogP contribution in [-0.4, -0.2) is 28.2 Å². The smallest absolute Gasteiger partial charge is 0.311 e. The molecule has 4 nitrogen and oxygen atoms in total. The molecule has 0 spiro atoms. The van der Waals surface area contributed by atoms with Gasteiger partial charge in [-0.3, -0.25) is 4.68 Å². The van der Waals surface area contributed by atoms with E-state index in [0.717, 1.165) is 5.69 Å². The summed E-state index contributed by atoms with van der Waals surface area (Å²) in [6.45, 7) is 0. The molecule has 1 saturated carbocycles. The number of alkyl halides is 3. The van der Waals surface area contributed by atoms with Crippen LogP contribution >= 0.6 is 0 Å². The van der Waals surface area contributed by atoms with Gasteiger partial charge in [0.2, 0.25) is 0 Å². The predicted octanol–water partition coefficient (Wildman–Crippen LogP) is 2.44. The van der Waals surface area contributed by atoms with Crippen LogP contribution in [0.3, 0.4) is 0 Å². The standard InChI is InChI=1S/C12H19F3N4/c1-16-11(10-7-17-18-19(10)2)8-3-5-9(6-4-8)12(13,14)15/h7-9,11,16H,3-6H2,1-2H3. The van der Waals surface area contributed by atoms with Crippen LogP contribution in [0.25, 0.3) is 0 Å². The molecule has 0 aliphatic heterocycles. The summed E-state index contributed by atoms with van der Waals surface area (Å²) in [6.07, 6.45) is -0.762.